The van der Waals surface area contributed by atoms with Gasteiger partial charge in [-0.3, -0.25) is 9.59 Å². The van der Waals surface area contributed by atoms with Crippen LogP contribution in [0.5, 0.6) is 0 Å². The highest BCUT2D eigenvalue weighted by Gasteiger charge is 2.21. The lowest BCUT2D eigenvalue weighted by Gasteiger charge is -2.26. The second kappa shape index (κ2) is 6.39. The van der Waals surface area contributed by atoms with E-state index in [1.54, 1.807) is 4.90 Å². The average Bonchev–Trinajstić information content (AvgIpc) is 2.79. The SMILES string of the molecule is CC(NC(=O)CN1CCCCC1=O)c1ccc(Cl)s1. The van der Waals surface area contributed by atoms with E-state index < -0.39 is 0 Å². The summed E-state index contributed by atoms with van der Waals surface area (Å²) < 4.78 is 0.710. The quantitative estimate of drug-likeness (QED) is 0.929. The van der Waals surface area contributed by atoms with E-state index in [4.69, 9.17) is 11.6 Å². The summed E-state index contributed by atoms with van der Waals surface area (Å²) in [5.41, 5.74) is 0. The molecule has 1 aromatic heterocycles. The summed E-state index contributed by atoms with van der Waals surface area (Å²) in [6.07, 6.45) is 2.47. The molecule has 1 aliphatic rings. The predicted octanol–water partition coefficient (Wildman–Crippen LogP) is 2.59. The minimum absolute atomic E-state index is 0.0771. The zero-order valence-electron chi connectivity index (χ0n) is 10.8. The third kappa shape index (κ3) is 3.94. The number of nitrogens with zero attached hydrogens (tertiary/aromatic N) is 1. The minimum Gasteiger partial charge on any atom is -0.347 e. The maximum atomic E-state index is 11.9. The molecule has 0 spiro atoms. The highest BCUT2D eigenvalue weighted by molar-refractivity contribution is 7.16. The molecule has 0 bridgehead atoms. The van der Waals surface area contributed by atoms with E-state index in [-0.39, 0.29) is 24.4 Å². The van der Waals surface area contributed by atoms with Crippen LogP contribution in [0.4, 0.5) is 0 Å². The first-order valence-corrected chi connectivity index (χ1v) is 7.58. The molecule has 1 N–H and O–H groups in total. The number of hydrogen-bond donors (Lipinski definition) is 1. The molecule has 2 rings (SSSR count). The first kappa shape index (κ1) is 14.3. The molecule has 1 aliphatic heterocycles. The van der Waals surface area contributed by atoms with Crippen molar-refractivity contribution in [3.63, 3.8) is 0 Å². The number of amides is 2. The molecule has 1 atom stereocenters. The molecule has 0 aromatic carbocycles. The van der Waals surface area contributed by atoms with Crippen LogP contribution in [0.15, 0.2) is 12.1 Å². The Hall–Kier alpha value is -1.07. The van der Waals surface area contributed by atoms with Gasteiger partial charge in [0.15, 0.2) is 0 Å². The number of hydrogen-bond acceptors (Lipinski definition) is 3. The molecule has 2 amide bonds. The van der Waals surface area contributed by atoms with Gasteiger partial charge in [0.1, 0.15) is 0 Å². The molecule has 1 fully saturated rings. The lowest BCUT2D eigenvalue weighted by atomic mass is 10.1. The summed E-state index contributed by atoms with van der Waals surface area (Å²) in [5, 5.41) is 2.90. The van der Waals surface area contributed by atoms with Gasteiger partial charge in [0.25, 0.3) is 0 Å². The van der Waals surface area contributed by atoms with E-state index >= 15 is 0 Å². The predicted molar refractivity (Wildman–Crippen MR) is 76.3 cm³/mol. The van der Waals surface area contributed by atoms with Crippen LogP contribution in [0.3, 0.4) is 0 Å². The van der Waals surface area contributed by atoms with Crippen molar-refractivity contribution >= 4 is 34.8 Å². The number of nitrogens with one attached hydrogen (secondary N) is 1. The first-order valence-electron chi connectivity index (χ1n) is 6.38. The van der Waals surface area contributed by atoms with Crippen molar-refractivity contribution in [3.05, 3.63) is 21.3 Å². The van der Waals surface area contributed by atoms with Crippen LogP contribution in [-0.4, -0.2) is 29.8 Å². The van der Waals surface area contributed by atoms with Gasteiger partial charge in [0, 0.05) is 17.8 Å². The number of carbonyl (C=O) groups excluding carboxylic acids is 2. The zero-order chi connectivity index (χ0) is 13.8. The van der Waals surface area contributed by atoms with Gasteiger partial charge in [0.2, 0.25) is 11.8 Å². The number of carbonyl (C=O) groups is 2. The Bertz CT molecular complexity index is 475. The number of thiophene rings is 1. The Morgan fingerprint density at radius 1 is 1.53 bits per heavy atom. The number of halogens is 1. The van der Waals surface area contributed by atoms with Crippen LogP contribution in [0.2, 0.25) is 4.34 Å². The number of rotatable bonds is 4. The minimum atomic E-state index is -0.118. The molecule has 1 aromatic rings. The molecular weight excluding hydrogens is 284 g/mol. The lowest BCUT2D eigenvalue weighted by Crippen LogP contribution is -2.43. The molecule has 4 nitrogen and oxygen atoms in total. The normalized spacial score (nSPS) is 17.4. The van der Waals surface area contributed by atoms with E-state index in [1.807, 2.05) is 19.1 Å². The van der Waals surface area contributed by atoms with Crippen molar-refractivity contribution < 1.29 is 9.59 Å². The summed E-state index contributed by atoms with van der Waals surface area (Å²) in [5.74, 6) is -0.0412. The van der Waals surface area contributed by atoms with Crippen LogP contribution in [0, 0.1) is 0 Å². The number of piperidine rings is 1. The van der Waals surface area contributed by atoms with E-state index in [2.05, 4.69) is 5.32 Å². The molecule has 1 saturated heterocycles. The third-order valence-corrected chi connectivity index (χ3v) is 4.57. The highest BCUT2D eigenvalue weighted by Crippen LogP contribution is 2.26. The molecule has 104 valence electrons. The van der Waals surface area contributed by atoms with Crippen molar-refractivity contribution in [2.24, 2.45) is 0 Å². The summed E-state index contributed by atoms with van der Waals surface area (Å²) >= 11 is 7.32. The zero-order valence-corrected chi connectivity index (χ0v) is 12.4. The molecular formula is C13H17ClN2O2S. The fourth-order valence-electron chi connectivity index (χ4n) is 2.12. The topological polar surface area (TPSA) is 49.4 Å². The molecule has 0 saturated carbocycles. The van der Waals surface area contributed by atoms with Gasteiger partial charge in [-0.25, -0.2) is 0 Å². The molecule has 6 heteroatoms. The maximum absolute atomic E-state index is 11.9. The third-order valence-electron chi connectivity index (χ3n) is 3.15. The second-order valence-corrected chi connectivity index (χ2v) is 6.45. The van der Waals surface area contributed by atoms with Crippen molar-refractivity contribution in [2.75, 3.05) is 13.1 Å². The van der Waals surface area contributed by atoms with Gasteiger partial charge in [-0.15, -0.1) is 11.3 Å². The van der Waals surface area contributed by atoms with Crippen molar-refractivity contribution in [1.82, 2.24) is 10.2 Å². The van der Waals surface area contributed by atoms with Gasteiger partial charge in [0.05, 0.1) is 16.9 Å². The van der Waals surface area contributed by atoms with E-state index in [0.717, 1.165) is 17.7 Å². The van der Waals surface area contributed by atoms with Gasteiger partial charge in [-0.1, -0.05) is 11.6 Å². The maximum Gasteiger partial charge on any atom is 0.240 e. The Labute approximate surface area is 121 Å². The Balaban J connectivity index is 1.85. The standard InChI is InChI=1S/C13H17ClN2O2S/c1-9(10-5-6-11(14)19-10)15-12(17)8-16-7-3-2-4-13(16)18/h5-6,9H,2-4,7-8H2,1H3,(H,15,17). The van der Waals surface area contributed by atoms with Crippen molar-refractivity contribution in [2.45, 2.75) is 32.2 Å². The lowest BCUT2D eigenvalue weighted by molar-refractivity contribution is -0.138. The fourth-order valence-corrected chi connectivity index (χ4v) is 3.18. The smallest absolute Gasteiger partial charge is 0.240 e. The van der Waals surface area contributed by atoms with E-state index in [0.29, 0.717) is 17.3 Å². The second-order valence-electron chi connectivity index (χ2n) is 4.70. The summed E-state index contributed by atoms with van der Waals surface area (Å²) in [6.45, 7) is 2.76. The molecule has 1 unspecified atom stereocenters. The van der Waals surface area contributed by atoms with Crippen molar-refractivity contribution in [3.8, 4) is 0 Å². The van der Waals surface area contributed by atoms with E-state index in [9.17, 15) is 9.59 Å². The summed E-state index contributed by atoms with van der Waals surface area (Å²) in [4.78, 5) is 26.2. The van der Waals surface area contributed by atoms with Gasteiger partial charge in [-0.05, 0) is 31.9 Å². The molecule has 0 aliphatic carbocycles. The molecule has 2 heterocycles. The van der Waals surface area contributed by atoms with E-state index in [1.165, 1.54) is 11.3 Å². The van der Waals surface area contributed by atoms with Crippen LogP contribution in [-0.2, 0) is 9.59 Å². The number of likely N-dealkylation sites (tertiary alicyclic amines) is 1. The van der Waals surface area contributed by atoms with Gasteiger partial charge < -0.3 is 10.2 Å². The Kier molecular flexibility index (Phi) is 4.82. The van der Waals surface area contributed by atoms with Crippen LogP contribution in [0.25, 0.3) is 0 Å². The van der Waals surface area contributed by atoms with Crippen LogP contribution < -0.4 is 5.32 Å². The summed E-state index contributed by atoms with van der Waals surface area (Å²) in [7, 11) is 0. The monoisotopic (exact) mass is 300 g/mol. The van der Waals surface area contributed by atoms with Crippen LogP contribution in [0.1, 0.15) is 37.1 Å². The van der Waals surface area contributed by atoms with Crippen LogP contribution >= 0.6 is 22.9 Å². The highest BCUT2D eigenvalue weighted by atomic mass is 35.5. The largest absolute Gasteiger partial charge is 0.347 e. The first-order chi connectivity index (χ1) is 9.06. The Morgan fingerprint density at radius 3 is 2.95 bits per heavy atom. The summed E-state index contributed by atoms with van der Waals surface area (Å²) in [6, 6.07) is 3.65. The molecule has 0 radical (unpaired) electrons. The van der Waals surface area contributed by atoms with Gasteiger partial charge in [-0.2, -0.15) is 0 Å². The molecule has 19 heavy (non-hydrogen) atoms. The average molecular weight is 301 g/mol. The Morgan fingerprint density at radius 2 is 2.32 bits per heavy atom. The van der Waals surface area contributed by atoms with Gasteiger partial charge >= 0.3 is 0 Å². The fraction of sp³-hybridized carbons (Fsp3) is 0.538. The van der Waals surface area contributed by atoms with Crippen molar-refractivity contribution in [1.29, 1.82) is 0 Å².